The van der Waals surface area contributed by atoms with Crippen molar-refractivity contribution in [2.24, 2.45) is 0 Å². The summed E-state index contributed by atoms with van der Waals surface area (Å²) in [6.07, 6.45) is 8.76. The van der Waals surface area contributed by atoms with Crippen LogP contribution in [0.15, 0.2) is 35.5 Å². The topological polar surface area (TPSA) is 100 Å². The van der Waals surface area contributed by atoms with Crippen molar-refractivity contribution >= 4 is 65.7 Å². The van der Waals surface area contributed by atoms with Crippen molar-refractivity contribution in [1.82, 2.24) is 19.9 Å². The van der Waals surface area contributed by atoms with Gasteiger partial charge in [0.25, 0.3) is 5.91 Å². The number of nitrogens with zero attached hydrogens (tertiary/aromatic N) is 4. The lowest BCUT2D eigenvalue weighted by atomic mass is 10.2. The minimum Gasteiger partial charge on any atom is -0.359 e. The molecule has 1 aromatic carbocycles. The number of amides is 1. The number of benzene rings is 1. The summed E-state index contributed by atoms with van der Waals surface area (Å²) in [6, 6.07) is 6.32. The molecule has 0 radical (unpaired) electrons. The molecule has 2 fully saturated rings. The van der Waals surface area contributed by atoms with E-state index in [0.29, 0.717) is 48.2 Å². The Hall–Kier alpha value is -2.37. The minimum atomic E-state index is -2.02. The molecule has 1 aliphatic heterocycles. The van der Waals surface area contributed by atoms with Crippen LogP contribution in [-0.2, 0) is 9.52 Å². The van der Waals surface area contributed by atoms with Crippen LogP contribution in [0.1, 0.15) is 29.6 Å². The van der Waals surface area contributed by atoms with E-state index in [-0.39, 0.29) is 5.91 Å². The molecule has 1 aliphatic carbocycles. The minimum absolute atomic E-state index is 0.0165. The van der Waals surface area contributed by atoms with Crippen LogP contribution in [0.3, 0.4) is 0 Å². The molecule has 1 amide bonds. The highest BCUT2D eigenvalue weighted by Crippen LogP contribution is 2.31. The number of aromatic nitrogens is 3. The molecule has 2 aliphatic rings. The van der Waals surface area contributed by atoms with Gasteiger partial charge in [-0.15, -0.1) is 11.8 Å². The summed E-state index contributed by atoms with van der Waals surface area (Å²) >= 11 is 3.21. The summed E-state index contributed by atoms with van der Waals surface area (Å²) in [4.78, 5) is 29.3. The number of carbonyl (C=O) groups is 1. The third-order valence-corrected chi connectivity index (χ3v) is 9.83. The van der Waals surface area contributed by atoms with Crippen LogP contribution in [0.25, 0.3) is 10.2 Å². The van der Waals surface area contributed by atoms with E-state index >= 15 is 0 Å². The Morgan fingerprint density at radius 3 is 2.59 bits per heavy atom. The number of hydrogen-bond donors (Lipinski definition) is 2. The van der Waals surface area contributed by atoms with Gasteiger partial charge in [-0.25, -0.2) is 15.0 Å². The zero-order valence-electron chi connectivity index (χ0n) is 19.0. The van der Waals surface area contributed by atoms with Gasteiger partial charge in [-0.3, -0.25) is 9.00 Å². The second-order valence-corrected chi connectivity index (χ2v) is 13.5. The van der Waals surface area contributed by atoms with Crippen LogP contribution >= 0.6 is 23.1 Å². The molecule has 11 heteroatoms. The van der Waals surface area contributed by atoms with Crippen LogP contribution in [0.4, 0.5) is 11.1 Å². The quantitative estimate of drug-likeness (QED) is 0.380. The maximum absolute atomic E-state index is 12.9. The average molecular weight is 517 g/mol. The van der Waals surface area contributed by atoms with E-state index in [9.17, 15) is 9.00 Å². The van der Waals surface area contributed by atoms with Crippen LogP contribution in [0, 0.1) is 0 Å². The van der Waals surface area contributed by atoms with E-state index in [1.54, 1.807) is 28.0 Å². The molecule has 2 N–H and O–H groups in total. The van der Waals surface area contributed by atoms with E-state index in [2.05, 4.69) is 26.5 Å². The normalized spacial score (nSPS) is 22.1. The zero-order chi connectivity index (χ0) is 23.7. The summed E-state index contributed by atoms with van der Waals surface area (Å²) in [5, 5.41) is 7.89. The predicted molar refractivity (Wildman–Crippen MR) is 143 cm³/mol. The van der Waals surface area contributed by atoms with Crippen molar-refractivity contribution in [3.63, 3.8) is 0 Å². The van der Waals surface area contributed by atoms with E-state index in [0.717, 1.165) is 39.5 Å². The number of nitrogens with one attached hydrogen (secondary N) is 2. The molecule has 5 rings (SSSR count). The lowest BCUT2D eigenvalue weighted by Crippen LogP contribution is -2.43. The van der Waals surface area contributed by atoms with Gasteiger partial charge in [0, 0.05) is 59.5 Å². The molecule has 2 atom stereocenters. The standard InChI is InChI=1S/C23H28N6O2S3/c1-32-18-13-24-22(25-14-18)26-16-4-5-17(12-16)27-23-28-19-6-3-15(11-20(19)33-23)21(30)29-7-9-34(2,31)10-8-29/h3,6,11,13-14,16-17H,2,4-5,7-10,12H2,1H3,(H,27,28)(H,24,25,26)/t16-,17-/m0/s1. The van der Waals surface area contributed by atoms with Crippen LogP contribution in [0.2, 0.25) is 0 Å². The number of anilines is 2. The first-order valence-electron chi connectivity index (χ1n) is 11.3. The number of thiazole rings is 1. The van der Waals surface area contributed by atoms with Gasteiger partial charge in [0.05, 0.1) is 10.2 Å². The van der Waals surface area contributed by atoms with Gasteiger partial charge in [-0.05, 0) is 59.1 Å². The van der Waals surface area contributed by atoms with E-state index in [4.69, 9.17) is 4.98 Å². The predicted octanol–water partition coefficient (Wildman–Crippen LogP) is 3.43. The molecule has 0 spiro atoms. The fourth-order valence-corrected chi connectivity index (χ4v) is 6.98. The third-order valence-electron chi connectivity index (χ3n) is 6.35. The number of carbonyl (C=O) groups excluding carboxylic acids is 1. The van der Waals surface area contributed by atoms with Gasteiger partial charge >= 0.3 is 0 Å². The summed E-state index contributed by atoms with van der Waals surface area (Å²) in [7, 11) is -2.02. The molecule has 34 heavy (non-hydrogen) atoms. The zero-order valence-corrected chi connectivity index (χ0v) is 21.5. The van der Waals surface area contributed by atoms with Crippen molar-refractivity contribution < 1.29 is 9.00 Å². The lowest BCUT2D eigenvalue weighted by Gasteiger charge is -2.28. The molecule has 0 unspecified atom stereocenters. The maximum Gasteiger partial charge on any atom is 0.253 e. The van der Waals surface area contributed by atoms with Crippen LogP contribution < -0.4 is 10.6 Å². The molecule has 8 nitrogen and oxygen atoms in total. The Morgan fingerprint density at radius 2 is 1.88 bits per heavy atom. The summed E-state index contributed by atoms with van der Waals surface area (Å²) in [5.74, 6) is 5.38. The summed E-state index contributed by atoms with van der Waals surface area (Å²) in [5.41, 5.74) is 1.54. The van der Waals surface area contributed by atoms with Crippen molar-refractivity contribution in [3.8, 4) is 0 Å². The lowest BCUT2D eigenvalue weighted by molar-refractivity contribution is 0.0771. The van der Waals surface area contributed by atoms with E-state index in [1.165, 1.54) is 0 Å². The van der Waals surface area contributed by atoms with Gasteiger partial charge in [-0.1, -0.05) is 11.3 Å². The average Bonchev–Trinajstić information content (AvgIpc) is 3.44. The smallest absolute Gasteiger partial charge is 0.253 e. The molecular weight excluding hydrogens is 488 g/mol. The highest BCUT2D eigenvalue weighted by Gasteiger charge is 2.26. The largest absolute Gasteiger partial charge is 0.359 e. The number of rotatable bonds is 6. The highest BCUT2D eigenvalue weighted by atomic mass is 32.2. The van der Waals surface area contributed by atoms with Crippen molar-refractivity contribution in [2.75, 3.05) is 41.5 Å². The van der Waals surface area contributed by atoms with E-state index in [1.807, 2.05) is 36.8 Å². The summed E-state index contributed by atoms with van der Waals surface area (Å²) < 4.78 is 13.1. The molecule has 180 valence electrons. The number of fused-ring (bicyclic) bond motifs is 1. The highest BCUT2D eigenvalue weighted by molar-refractivity contribution is 8.00. The second kappa shape index (κ2) is 9.71. The monoisotopic (exact) mass is 516 g/mol. The van der Waals surface area contributed by atoms with Gasteiger partial charge < -0.3 is 15.5 Å². The molecule has 3 aromatic rings. The first-order valence-corrected chi connectivity index (χ1v) is 15.4. The fourth-order valence-electron chi connectivity index (χ4n) is 4.37. The van der Waals surface area contributed by atoms with Crippen molar-refractivity contribution in [2.45, 2.75) is 36.2 Å². The van der Waals surface area contributed by atoms with Gasteiger partial charge in [-0.2, -0.15) is 0 Å². The third kappa shape index (κ3) is 5.31. The molecule has 1 saturated carbocycles. The molecule has 3 heterocycles. The van der Waals surface area contributed by atoms with Gasteiger partial charge in [0.1, 0.15) is 0 Å². The van der Waals surface area contributed by atoms with Crippen molar-refractivity contribution in [3.05, 3.63) is 36.2 Å². The van der Waals surface area contributed by atoms with Gasteiger partial charge in [0.2, 0.25) is 5.95 Å². The summed E-state index contributed by atoms with van der Waals surface area (Å²) in [6.45, 7) is 0.997. The first kappa shape index (κ1) is 23.4. The Kier molecular flexibility index (Phi) is 6.67. The number of hydrogen-bond acceptors (Lipinski definition) is 9. The first-order chi connectivity index (χ1) is 16.4. The van der Waals surface area contributed by atoms with Crippen molar-refractivity contribution in [1.29, 1.82) is 0 Å². The SMILES string of the molecule is C=S1(=O)CCN(C(=O)c2ccc3nc(N[C@H]4CC[C@H](Nc5ncc(SC)cn5)C4)sc3c2)CC1. The molecular formula is C23H28N6O2S3. The molecule has 0 bridgehead atoms. The molecule has 2 aromatic heterocycles. The van der Waals surface area contributed by atoms with E-state index < -0.39 is 9.52 Å². The Bertz CT molecular complexity index is 1280. The fraction of sp³-hybridized carbons (Fsp3) is 0.435. The van der Waals surface area contributed by atoms with Crippen LogP contribution in [0.5, 0.6) is 0 Å². The maximum atomic E-state index is 12.9. The Balaban J connectivity index is 1.20. The Labute approximate surface area is 208 Å². The second-order valence-electron chi connectivity index (χ2n) is 8.81. The Morgan fingerprint density at radius 1 is 1.18 bits per heavy atom. The van der Waals surface area contributed by atoms with Crippen LogP contribution in [-0.4, -0.2) is 78.8 Å². The molecule has 1 saturated heterocycles. The van der Waals surface area contributed by atoms with Gasteiger partial charge in [0.15, 0.2) is 5.13 Å². The number of thioether (sulfide) groups is 1.